The van der Waals surface area contributed by atoms with Gasteiger partial charge in [-0.15, -0.1) is 0 Å². The van der Waals surface area contributed by atoms with Crippen LogP contribution in [-0.4, -0.2) is 17.2 Å². The van der Waals surface area contributed by atoms with Crippen molar-refractivity contribution in [3.63, 3.8) is 0 Å². The lowest BCUT2D eigenvalue weighted by atomic mass is 10.2. The van der Waals surface area contributed by atoms with E-state index in [2.05, 4.69) is 5.32 Å². The molecular formula is C20H15NO5. The molecule has 0 atom stereocenters. The highest BCUT2D eigenvalue weighted by molar-refractivity contribution is 5.91. The highest BCUT2D eigenvalue weighted by Crippen LogP contribution is 2.19. The summed E-state index contributed by atoms with van der Waals surface area (Å²) in [6, 6.07) is 20.7. The number of benzene rings is 3. The Hall–Kier alpha value is -3.80. The molecule has 0 fully saturated rings. The van der Waals surface area contributed by atoms with Gasteiger partial charge in [0.15, 0.2) is 0 Å². The average Bonchev–Trinajstić information content (AvgIpc) is 2.65. The van der Waals surface area contributed by atoms with Gasteiger partial charge in [-0.25, -0.2) is 9.59 Å². The van der Waals surface area contributed by atoms with Crippen molar-refractivity contribution in [1.82, 2.24) is 0 Å². The number of hydrogen-bond acceptors (Lipinski definition) is 5. The van der Waals surface area contributed by atoms with Crippen LogP contribution < -0.4 is 14.8 Å². The summed E-state index contributed by atoms with van der Waals surface area (Å²) in [7, 11) is 0. The lowest BCUT2D eigenvalue weighted by Crippen LogP contribution is -2.16. The standard InChI is InChI=1S/C20H15NO5/c22-16-8-12-17(13-9-16)25-19(23)14-6-10-18(11-7-14)26-20(24)21-15-4-2-1-3-5-15/h1-13,22H,(H,21,24). The number of anilines is 1. The molecule has 3 aromatic rings. The maximum Gasteiger partial charge on any atom is 0.417 e. The van der Waals surface area contributed by atoms with Gasteiger partial charge < -0.3 is 14.6 Å². The van der Waals surface area contributed by atoms with Gasteiger partial charge in [0.25, 0.3) is 0 Å². The van der Waals surface area contributed by atoms with Gasteiger partial charge in [0, 0.05) is 5.69 Å². The minimum atomic E-state index is -0.629. The van der Waals surface area contributed by atoms with Crippen LogP contribution in [0.15, 0.2) is 78.9 Å². The van der Waals surface area contributed by atoms with Gasteiger partial charge in [-0.1, -0.05) is 18.2 Å². The molecule has 0 radical (unpaired) electrons. The fourth-order valence-electron chi connectivity index (χ4n) is 2.11. The molecule has 0 aliphatic heterocycles. The molecule has 1 amide bonds. The van der Waals surface area contributed by atoms with E-state index < -0.39 is 12.1 Å². The monoisotopic (exact) mass is 349 g/mol. The van der Waals surface area contributed by atoms with Gasteiger partial charge in [-0.2, -0.15) is 0 Å². The predicted molar refractivity (Wildman–Crippen MR) is 95.6 cm³/mol. The topological polar surface area (TPSA) is 84.9 Å². The van der Waals surface area contributed by atoms with Crippen LogP contribution in [-0.2, 0) is 0 Å². The molecule has 0 saturated heterocycles. The van der Waals surface area contributed by atoms with E-state index in [1.165, 1.54) is 48.5 Å². The van der Waals surface area contributed by atoms with Crippen molar-refractivity contribution >= 4 is 17.7 Å². The number of carbonyl (C=O) groups excluding carboxylic acids is 2. The fraction of sp³-hybridized carbons (Fsp3) is 0. The number of hydrogen-bond donors (Lipinski definition) is 2. The Labute approximate surface area is 149 Å². The molecule has 0 unspecified atom stereocenters. The molecule has 0 aromatic heterocycles. The molecule has 26 heavy (non-hydrogen) atoms. The summed E-state index contributed by atoms with van der Waals surface area (Å²) in [5.74, 6) is 0.131. The van der Waals surface area contributed by atoms with Crippen molar-refractivity contribution in [3.05, 3.63) is 84.4 Å². The Morgan fingerprint density at radius 3 is 1.96 bits per heavy atom. The summed E-state index contributed by atoms with van der Waals surface area (Å²) >= 11 is 0. The fourth-order valence-corrected chi connectivity index (χ4v) is 2.11. The van der Waals surface area contributed by atoms with Gasteiger partial charge in [-0.3, -0.25) is 5.32 Å². The number of carbonyl (C=O) groups is 2. The summed E-state index contributed by atoms with van der Waals surface area (Å²) in [5.41, 5.74) is 0.917. The number of ether oxygens (including phenoxy) is 2. The lowest BCUT2D eigenvalue weighted by molar-refractivity contribution is 0.0734. The van der Waals surface area contributed by atoms with Gasteiger partial charge in [0.05, 0.1) is 5.56 Å². The zero-order valence-corrected chi connectivity index (χ0v) is 13.6. The molecule has 0 heterocycles. The third-order valence-electron chi connectivity index (χ3n) is 3.37. The number of rotatable bonds is 4. The summed E-state index contributed by atoms with van der Waals surface area (Å²) in [5, 5.41) is 11.8. The van der Waals surface area contributed by atoms with Crippen LogP contribution in [0, 0.1) is 0 Å². The molecule has 0 bridgehead atoms. The van der Waals surface area contributed by atoms with Gasteiger partial charge in [0.2, 0.25) is 0 Å². The second kappa shape index (κ2) is 7.85. The second-order valence-corrected chi connectivity index (χ2v) is 5.29. The third kappa shape index (κ3) is 4.61. The Kier molecular flexibility index (Phi) is 5.14. The molecule has 3 aromatic carbocycles. The van der Waals surface area contributed by atoms with E-state index in [4.69, 9.17) is 9.47 Å². The van der Waals surface area contributed by atoms with E-state index >= 15 is 0 Å². The smallest absolute Gasteiger partial charge is 0.417 e. The minimum absolute atomic E-state index is 0.0834. The first kappa shape index (κ1) is 17.0. The number of esters is 1. The van der Waals surface area contributed by atoms with Crippen LogP contribution in [0.3, 0.4) is 0 Å². The van der Waals surface area contributed by atoms with Crippen molar-refractivity contribution in [3.8, 4) is 17.2 Å². The number of aromatic hydroxyl groups is 1. The van der Waals surface area contributed by atoms with Crippen LogP contribution in [0.25, 0.3) is 0 Å². The summed E-state index contributed by atoms with van der Waals surface area (Å²) in [6.45, 7) is 0. The maximum absolute atomic E-state index is 12.1. The largest absolute Gasteiger partial charge is 0.508 e. The number of para-hydroxylation sites is 1. The van der Waals surface area contributed by atoms with Crippen molar-refractivity contribution < 1.29 is 24.2 Å². The highest BCUT2D eigenvalue weighted by atomic mass is 16.6. The molecule has 2 N–H and O–H groups in total. The predicted octanol–water partition coefficient (Wildman–Crippen LogP) is 4.22. The molecular weight excluding hydrogens is 334 g/mol. The number of phenols is 1. The highest BCUT2D eigenvalue weighted by Gasteiger charge is 2.10. The van der Waals surface area contributed by atoms with Crippen molar-refractivity contribution in [1.29, 1.82) is 0 Å². The van der Waals surface area contributed by atoms with Crippen LogP contribution in [0.4, 0.5) is 10.5 Å². The molecule has 6 heteroatoms. The molecule has 130 valence electrons. The molecule has 6 nitrogen and oxygen atoms in total. The van der Waals surface area contributed by atoms with Crippen molar-refractivity contribution in [2.75, 3.05) is 5.32 Å². The van der Waals surface area contributed by atoms with Crippen molar-refractivity contribution in [2.45, 2.75) is 0 Å². The van der Waals surface area contributed by atoms with Gasteiger partial charge in [-0.05, 0) is 60.7 Å². The third-order valence-corrected chi connectivity index (χ3v) is 3.37. The molecule has 0 aliphatic rings. The quantitative estimate of drug-likeness (QED) is 0.544. The molecule has 0 aliphatic carbocycles. The maximum atomic E-state index is 12.1. The second-order valence-electron chi connectivity index (χ2n) is 5.29. The van der Waals surface area contributed by atoms with E-state index in [9.17, 15) is 14.7 Å². The normalized spacial score (nSPS) is 10.0. The summed E-state index contributed by atoms with van der Waals surface area (Å²) in [6.07, 6.45) is -0.629. The first-order valence-corrected chi connectivity index (χ1v) is 7.75. The summed E-state index contributed by atoms with van der Waals surface area (Å²) in [4.78, 5) is 23.9. The Bertz CT molecular complexity index is 890. The van der Waals surface area contributed by atoms with Crippen LogP contribution in [0.1, 0.15) is 10.4 Å². The minimum Gasteiger partial charge on any atom is -0.508 e. The Balaban J connectivity index is 1.58. The average molecular weight is 349 g/mol. The van der Waals surface area contributed by atoms with E-state index in [0.717, 1.165) is 0 Å². The van der Waals surface area contributed by atoms with Gasteiger partial charge in [0.1, 0.15) is 17.2 Å². The molecule has 0 saturated carbocycles. The van der Waals surface area contributed by atoms with E-state index in [-0.39, 0.29) is 5.75 Å². The molecule has 3 rings (SSSR count). The van der Waals surface area contributed by atoms with Crippen LogP contribution in [0.5, 0.6) is 17.2 Å². The van der Waals surface area contributed by atoms with Gasteiger partial charge >= 0.3 is 12.1 Å². The van der Waals surface area contributed by atoms with E-state index in [1.807, 2.05) is 6.07 Å². The van der Waals surface area contributed by atoms with Crippen LogP contribution >= 0.6 is 0 Å². The number of nitrogens with one attached hydrogen (secondary N) is 1. The SMILES string of the molecule is O=C(Nc1ccccc1)Oc1ccc(C(=O)Oc2ccc(O)cc2)cc1. The van der Waals surface area contributed by atoms with Crippen LogP contribution in [0.2, 0.25) is 0 Å². The van der Waals surface area contributed by atoms with E-state index in [0.29, 0.717) is 22.7 Å². The zero-order chi connectivity index (χ0) is 18.4. The van der Waals surface area contributed by atoms with E-state index in [1.54, 1.807) is 24.3 Å². The number of phenolic OH excluding ortho intramolecular Hbond substituents is 1. The number of amides is 1. The first-order valence-electron chi connectivity index (χ1n) is 7.75. The Morgan fingerprint density at radius 2 is 1.31 bits per heavy atom. The Morgan fingerprint density at radius 1 is 0.731 bits per heavy atom. The lowest BCUT2D eigenvalue weighted by Gasteiger charge is -2.07. The molecule has 0 spiro atoms. The van der Waals surface area contributed by atoms with Crippen molar-refractivity contribution in [2.24, 2.45) is 0 Å². The zero-order valence-electron chi connectivity index (χ0n) is 13.6. The first-order chi connectivity index (χ1) is 12.6. The summed E-state index contributed by atoms with van der Waals surface area (Å²) < 4.78 is 10.3.